The average molecular weight is 1460 g/mol. The van der Waals surface area contributed by atoms with Gasteiger partial charge in [0.05, 0.1) is 88.5 Å². The zero-order valence-corrected chi connectivity index (χ0v) is 54.1. The van der Waals surface area contributed by atoms with Gasteiger partial charge in [-0.1, -0.05) is 29.8 Å². The van der Waals surface area contributed by atoms with E-state index in [1.807, 2.05) is 22.9 Å². The van der Waals surface area contributed by atoms with E-state index in [1.165, 1.54) is 114 Å². The van der Waals surface area contributed by atoms with Crippen molar-refractivity contribution < 1.29 is 97.8 Å². The number of aromatic nitrogens is 6. The van der Waals surface area contributed by atoms with Gasteiger partial charge in [0.15, 0.2) is 0 Å². The summed E-state index contributed by atoms with van der Waals surface area (Å²) in [6.07, 6.45) is -3.38. The second-order valence-corrected chi connectivity index (χ2v) is 23.3. The molecular weight excluding hydrogens is 1410 g/mol. The first kappa shape index (κ1) is 72.9. The number of rotatable bonds is 10. The van der Waals surface area contributed by atoms with Crippen LogP contribution in [0.2, 0.25) is 5.02 Å². The van der Waals surface area contributed by atoms with E-state index in [1.54, 1.807) is 111 Å². The van der Waals surface area contributed by atoms with Crippen molar-refractivity contribution in [1.82, 2.24) is 27.8 Å². The van der Waals surface area contributed by atoms with Gasteiger partial charge in [-0.25, -0.2) is 37.7 Å². The molecule has 6 aromatic heterocycles. The number of fused-ring (bicyclic) bond motifs is 5. The van der Waals surface area contributed by atoms with Crippen LogP contribution in [-0.4, -0.2) is 83.2 Å². The molecule has 0 radical (unpaired) electrons. The third kappa shape index (κ3) is 16.4. The molecule has 28 heteroatoms. The Morgan fingerprint density at radius 1 is 0.333 bits per heavy atom. The predicted molar refractivity (Wildman–Crippen MR) is 369 cm³/mol. The van der Waals surface area contributed by atoms with E-state index in [0.717, 1.165) is 58.6 Å². The summed E-state index contributed by atoms with van der Waals surface area (Å²) in [6.45, 7) is 0. The summed E-state index contributed by atoms with van der Waals surface area (Å²) >= 11 is 5.81. The van der Waals surface area contributed by atoms with Gasteiger partial charge in [0.25, 0.3) is 0 Å². The van der Waals surface area contributed by atoms with Crippen LogP contribution < -0.4 is 0 Å². The molecule has 105 heavy (non-hydrogen) atoms. The van der Waals surface area contributed by atoms with Crippen LogP contribution in [0.25, 0.3) is 83.1 Å². The van der Waals surface area contributed by atoms with Gasteiger partial charge < -0.3 is 48.4 Å². The number of carboxylic acids is 5. The molecule has 0 aliphatic heterocycles. The molecule has 6 heterocycles. The summed E-state index contributed by atoms with van der Waals surface area (Å²) in [5.74, 6) is -5.68. The molecule has 0 saturated heterocycles. The summed E-state index contributed by atoms with van der Waals surface area (Å²) < 4.78 is 150. The Morgan fingerprint density at radius 2 is 0.724 bits per heavy atom. The van der Waals surface area contributed by atoms with Crippen LogP contribution in [0.1, 0.15) is 68.5 Å². The van der Waals surface area contributed by atoms with Crippen molar-refractivity contribution in [3.8, 4) is 28.6 Å². The van der Waals surface area contributed by atoms with Crippen molar-refractivity contribution in [2.24, 2.45) is 0 Å². The number of nitrogens with zero attached hydrogens (tertiary/aromatic N) is 6. The Balaban J connectivity index is 0.000000131. The molecule has 0 aliphatic carbocycles. The first-order chi connectivity index (χ1) is 49.8. The zero-order valence-electron chi connectivity index (χ0n) is 53.3. The largest absolute Gasteiger partial charge is 0.478 e. The maximum absolute atomic E-state index is 13.8. The smallest absolute Gasteiger partial charge is 0.418 e. The molecular formula is C77H48ClF11N6O10. The fraction of sp³-hybridized carbons (Fsp3) is 0.0390. The van der Waals surface area contributed by atoms with Gasteiger partial charge in [-0.3, -0.25) is 0 Å². The fourth-order valence-electron chi connectivity index (χ4n) is 11.2. The highest BCUT2D eigenvalue weighted by atomic mass is 35.5. The molecule has 0 unspecified atom stereocenters. The Hall–Kier alpha value is -13.3. The second kappa shape index (κ2) is 29.7. The summed E-state index contributed by atoms with van der Waals surface area (Å²) in [5, 5.41) is 48.8. The molecule has 0 bridgehead atoms. The molecule has 0 amide bonds. The van der Waals surface area contributed by atoms with Crippen LogP contribution in [0.4, 0.5) is 48.3 Å². The molecule has 0 saturated carbocycles. The Bertz CT molecular complexity index is 5820. The van der Waals surface area contributed by atoms with Crippen molar-refractivity contribution in [1.29, 1.82) is 0 Å². The van der Waals surface area contributed by atoms with E-state index in [9.17, 15) is 72.3 Å². The van der Waals surface area contributed by atoms with Gasteiger partial charge in [-0.05, 0) is 200 Å². The second-order valence-electron chi connectivity index (χ2n) is 22.9. The van der Waals surface area contributed by atoms with Crippen LogP contribution in [0.5, 0.6) is 0 Å². The highest BCUT2D eigenvalue weighted by Gasteiger charge is 2.34. The highest BCUT2D eigenvalue weighted by Crippen LogP contribution is 2.37. The highest BCUT2D eigenvalue weighted by molar-refractivity contribution is 6.30. The molecule has 0 atom stereocenters. The molecule has 15 rings (SSSR count). The number of hydrogen-bond acceptors (Lipinski definition) is 6. The van der Waals surface area contributed by atoms with Crippen molar-refractivity contribution in [3.05, 3.63) is 323 Å². The van der Waals surface area contributed by atoms with Gasteiger partial charge in [0, 0.05) is 81.6 Å². The van der Waals surface area contributed by atoms with Gasteiger partial charge in [-0.15, -0.1) is 0 Å². The number of alkyl halides is 9. The lowest BCUT2D eigenvalue weighted by molar-refractivity contribution is -0.138. The van der Waals surface area contributed by atoms with Crippen molar-refractivity contribution in [2.75, 3.05) is 0 Å². The van der Waals surface area contributed by atoms with Gasteiger partial charge >= 0.3 is 48.4 Å². The third-order valence-electron chi connectivity index (χ3n) is 16.2. The van der Waals surface area contributed by atoms with Gasteiger partial charge in [0.1, 0.15) is 17.5 Å². The number of pyridine rings is 1. The maximum Gasteiger partial charge on any atom is 0.418 e. The lowest BCUT2D eigenvalue weighted by Gasteiger charge is -2.14. The van der Waals surface area contributed by atoms with E-state index in [0.29, 0.717) is 54.5 Å². The number of hydrogen-bond donors (Lipinski definition) is 5. The van der Waals surface area contributed by atoms with E-state index in [4.69, 9.17) is 37.1 Å². The molecule has 0 aliphatic rings. The van der Waals surface area contributed by atoms with Gasteiger partial charge in [-0.2, -0.15) is 39.5 Å². The molecule has 5 N–H and O–H groups in total. The quantitative estimate of drug-likeness (QED) is 0.0810. The number of carboxylic acid groups (broad SMARTS) is 5. The number of carbonyl (C=O) groups is 5. The summed E-state index contributed by atoms with van der Waals surface area (Å²) in [7, 11) is 0. The maximum atomic E-state index is 13.8. The minimum Gasteiger partial charge on any atom is -0.478 e. The monoisotopic (exact) mass is 1460 g/mol. The van der Waals surface area contributed by atoms with E-state index >= 15 is 0 Å². The SMILES string of the molecule is O=C(O)c1ccc2c(ccn2-c2ccc(C(F)(F)F)cc2)c1.O=C(O)c1ccc2c(ccn2-c2ccc(Cl)cn2)c1.O=C(O)c1ccc2c(ccn2-c2ccc(F)cc2F)c1.O=C(O)c1ccc2c(ccn2-c2cccc(C(F)(F)F)c2)c1.O=C(O)c1ccc2c(ccn2-c2ccccc2C(F)(F)F)c1. The fourth-order valence-corrected chi connectivity index (χ4v) is 11.3. The molecule has 0 fully saturated rings. The molecule has 0 spiro atoms. The average Bonchev–Trinajstić information content (AvgIpc) is 1.71. The van der Waals surface area contributed by atoms with Gasteiger partial charge in [0.2, 0.25) is 0 Å². The van der Waals surface area contributed by atoms with Crippen LogP contribution >= 0.6 is 11.6 Å². The van der Waals surface area contributed by atoms with Crippen LogP contribution in [0, 0.1) is 11.6 Å². The summed E-state index contributed by atoms with van der Waals surface area (Å²) in [6, 6.07) is 53.5. The van der Waals surface area contributed by atoms with Crippen LogP contribution in [-0.2, 0) is 18.5 Å². The number of benzene rings is 9. The normalized spacial score (nSPS) is 11.4. The Kier molecular flexibility index (Phi) is 20.6. The molecule has 9 aromatic carbocycles. The predicted octanol–water partition coefficient (Wildman–Crippen LogP) is 20.0. The van der Waals surface area contributed by atoms with Crippen molar-refractivity contribution in [2.45, 2.75) is 18.5 Å². The van der Waals surface area contributed by atoms with E-state index in [2.05, 4.69) is 4.98 Å². The first-order valence-electron chi connectivity index (χ1n) is 30.6. The minimum absolute atomic E-state index is 0.00748. The van der Waals surface area contributed by atoms with Crippen LogP contribution in [0.15, 0.2) is 262 Å². The standard InChI is InChI=1S/3C16H10F3NO2.C15H9F2NO2.C14H9ClN2O2/c17-16(18,19)12-2-4-13(5-3-12)20-8-7-10-9-11(15(21)22)1-6-14(10)20;17-16(18,19)12-2-1-3-13(9-12)20-7-6-10-8-11(15(21)22)4-5-14(10)20;17-16(18,19)12-3-1-2-4-14(12)20-8-7-10-9-11(15(21)22)5-6-13(10)20;16-11-2-4-14(12(17)8-11)18-6-5-9-7-10(15(19)20)1-3-13(9)18;15-11-2-4-13(16-8-11)17-6-5-9-7-10(14(18)19)1-3-12(9)17/h3*1-9H,(H,21,22);1-8H,(H,19,20);1-8H,(H,18,19). The van der Waals surface area contributed by atoms with Crippen LogP contribution in [0.3, 0.4) is 0 Å². The third-order valence-corrected chi connectivity index (χ3v) is 16.4. The van der Waals surface area contributed by atoms with E-state index < -0.39 is 76.7 Å². The molecule has 530 valence electrons. The zero-order chi connectivity index (χ0) is 75.4. The summed E-state index contributed by atoms with van der Waals surface area (Å²) in [5.41, 5.74) is 3.25. The number of para-hydroxylation sites is 1. The number of aromatic carboxylic acids is 5. The minimum atomic E-state index is -4.46. The molecule has 16 nitrogen and oxygen atoms in total. The Labute approximate surface area is 589 Å². The molecule has 15 aromatic rings. The van der Waals surface area contributed by atoms with Crippen molar-refractivity contribution >= 4 is 96.0 Å². The first-order valence-corrected chi connectivity index (χ1v) is 31.0. The Morgan fingerprint density at radius 3 is 1.12 bits per heavy atom. The van der Waals surface area contributed by atoms with Crippen molar-refractivity contribution in [3.63, 3.8) is 0 Å². The van der Waals surface area contributed by atoms with E-state index in [-0.39, 0.29) is 39.2 Å². The summed E-state index contributed by atoms with van der Waals surface area (Å²) in [4.78, 5) is 58.9. The lowest BCUT2D eigenvalue weighted by Crippen LogP contribution is -2.10. The lowest BCUT2D eigenvalue weighted by atomic mass is 10.1. The number of halogens is 12. The topological polar surface area (TPSA) is 224 Å².